The van der Waals surface area contributed by atoms with Gasteiger partial charge in [-0.2, -0.15) is 0 Å². The van der Waals surface area contributed by atoms with Crippen LogP contribution in [0.2, 0.25) is 0 Å². The van der Waals surface area contributed by atoms with E-state index in [1.807, 2.05) is 11.8 Å². The number of carbonyl (C=O) groups excluding carboxylic acids is 1. The van der Waals surface area contributed by atoms with Gasteiger partial charge in [0, 0.05) is 37.3 Å². The molecule has 1 aromatic heterocycles. The quantitative estimate of drug-likeness (QED) is 0.650. The Morgan fingerprint density at radius 3 is 2.67 bits per heavy atom. The Balaban J connectivity index is 1.71. The van der Waals surface area contributed by atoms with E-state index in [-0.39, 0.29) is 29.6 Å². The molecule has 1 amide bonds. The van der Waals surface area contributed by atoms with E-state index in [0.717, 1.165) is 6.07 Å². The fourth-order valence-electron chi connectivity index (χ4n) is 3.52. The molecule has 1 aliphatic heterocycles. The van der Waals surface area contributed by atoms with Crippen molar-refractivity contribution in [3.63, 3.8) is 0 Å². The van der Waals surface area contributed by atoms with E-state index in [1.165, 1.54) is 12.1 Å². The van der Waals surface area contributed by atoms with Crippen LogP contribution in [0.3, 0.4) is 0 Å². The predicted molar refractivity (Wildman–Crippen MR) is 102 cm³/mol. The predicted octanol–water partition coefficient (Wildman–Crippen LogP) is 1.89. The molecule has 30 heavy (non-hydrogen) atoms. The van der Waals surface area contributed by atoms with Crippen molar-refractivity contribution in [1.29, 1.82) is 0 Å². The molecule has 4 atom stereocenters. The van der Waals surface area contributed by atoms with Crippen molar-refractivity contribution >= 4 is 11.9 Å². The third-order valence-corrected chi connectivity index (χ3v) is 5.49. The Morgan fingerprint density at radius 2 is 2.03 bits per heavy atom. The molecule has 1 aromatic carbocycles. The lowest BCUT2D eigenvalue weighted by molar-refractivity contribution is -0.145. The van der Waals surface area contributed by atoms with Gasteiger partial charge < -0.3 is 20.1 Å². The van der Waals surface area contributed by atoms with Crippen molar-refractivity contribution in [1.82, 2.24) is 15.4 Å². The van der Waals surface area contributed by atoms with E-state index in [0.29, 0.717) is 19.0 Å². The maximum atomic E-state index is 13.9. The number of hydrogen-bond acceptors (Lipinski definition) is 6. The third kappa shape index (κ3) is 4.65. The van der Waals surface area contributed by atoms with Crippen LogP contribution in [0.25, 0.3) is 11.3 Å². The molecule has 0 radical (unpaired) electrons. The smallest absolute Gasteiger partial charge is 0.309 e. The maximum absolute atomic E-state index is 13.9. The number of rotatable bonds is 6. The SMILES string of the molecule is C[C@@H](O)[C@H](C)N1CC[C@H](NC(=O)c2cc(-c3ccc(F)cc3F)on2)[C@@H](C(=O)O)C1. The fourth-order valence-corrected chi connectivity index (χ4v) is 3.52. The number of aliphatic hydroxyl groups is 1. The first-order valence-electron chi connectivity index (χ1n) is 9.55. The number of benzene rings is 1. The molecule has 0 unspecified atom stereocenters. The highest BCUT2D eigenvalue weighted by Gasteiger charge is 2.37. The number of halogens is 2. The zero-order valence-corrected chi connectivity index (χ0v) is 16.5. The lowest BCUT2D eigenvalue weighted by Gasteiger charge is -2.40. The average Bonchev–Trinajstić information content (AvgIpc) is 3.17. The van der Waals surface area contributed by atoms with Gasteiger partial charge in [-0.3, -0.25) is 14.5 Å². The van der Waals surface area contributed by atoms with E-state index in [4.69, 9.17) is 4.52 Å². The van der Waals surface area contributed by atoms with Crippen LogP contribution in [-0.4, -0.2) is 63.4 Å². The van der Waals surface area contributed by atoms with Crippen LogP contribution in [0.5, 0.6) is 0 Å². The van der Waals surface area contributed by atoms with Crippen molar-refractivity contribution in [2.24, 2.45) is 5.92 Å². The summed E-state index contributed by atoms with van der Waals surface area (Å²) in [5, 5.41) is 25.6. The van der Waals surface area contributed by atoms with Crippen molar-refractivity contribution in [3.8, 4) is 11.3 Å². The number of amides is 1. The summed E-state index contributed by atoms with van der Waals surface area (Å²) in [5.41, 5.74) is -0.190. The molecule has 8 nitrogen and oxygen atoms in total. The zero-order chi connectivity index (χ0) is 22.0. The number of carboxylic acid groups (broad SMARTS) is 1. The van der Waals surface area contributed by atoms with Crippen LogP contribution in [0.1, 0.15) is 30.8 Å². The summed E-state index contributed by atoms with van der Waals surface area (Å²) in [4.78, 5) is 26.2. The van der Waals surface area contributed by atoms with Crippen LogP contribution < -0.4 is 5.32 Å². The molecule has 1 fully saturated rings. The number of piperidine rings is 1. The Kier molecular flexibility index (Phi) is 6.47. The summed E-state index contributed by atoms with van der Waals surface area (Å²) in [5.74, 6) is -4.23. The molecule has 0 bridgehead atoms. The van der Waals surface area contributed by atoms with Crippen LogP contribution in [0.15, 0.2) is 28.8 Å². The largest absolute Gasteiger partial charge is 0.481 e. The Morgan fingerprint density at radius 1 is 1.30 bits per heavy atom. The van der Waals surface area contributed by atoms with Gasteiger partial charge in [-0.05, 0) is 32.4 Å². The van der Waals surface area contributed by atoms with Crippen LogP contribution in [-0.2, 0) is 4.79 Å². The number of aliphatic carboxylic acids is 1. The summed E-state index contributed by atoms with van der Waals surface area (Å²) >= 11 is 0. The molecular formula is C20H23F2N3O5. The van der Waals surface area contributed by atoms with E-state index in [1.54, 1.807) is 6.92 Å². The van der Waals surface area contributed by atoms with E-state index >= 15 is 0 Å². The monoisotopic (exact) mass is 423 g/mol. The van der Waals surface area contributed by atoms with Gasteiger partial charge in [-0.1, -0.05) is 5.16 Å². The number of aliphatic hydroxyl groups excluding tert-OH is 1. The highest BCUT2D eigenvalue weighted by molar-refractivity contribution is 5.93. The average molecular weight is 423 g/mol. The molecule has 10 heteroatoms. The lowest BCUT2D eigenvalue weighted by atomic mass is 9.90. The lowest BCUT2D eigenvalue weighted by Crippen LogP contribution is -2.56. The summed E-state index contributed by atoms with van der Waals surface area (Å²) in [6, 6.07) is 3.28. The first-order chi connectivity index (χ1) is 14.2. The number of hydrogen-bond donors (Lipinski definition) is 3. The van der Waals surface area contributed by atoms with Crippen molar-refractivity contribution in [2.45, 2.75) is 38.5 Å². The number of likely N-dealkylation sites (tertiary alicyclic amines) is 1. The molecule has 0 aliphatic carbocycles. The maximum Gasteiger partial charge on any atom is 0.309 e. The Bertz CT molecular complexity index is 933. The van der Waals surface area contributed by atoms with Gasteiger partial charge in [-0.15, -0.1) is 0 Å². The van der Waals surface area contributed by atoms with Gasteiger partial charge in [0.15, 0.2) is 11.5 Å². The number of carbonyl (C=O) groups is 2. The van der Waals surface area contributed by atoms with Crippen molar-refractivity contribution in [3.05, 3.63) is 41.6 Å². The molecule has 3 N–H and O–H groups in total. The number of carboxylic acids is 1. The van der Waals surface area contributed by atoms with Crippen LogP contribution in [0, 0.1) is 17.6 Å². The summed E-state index contributed by atoms with van der Waals surface area (Å²) < 4.78 is 32.0. The van der Waals surface area contributed by atoms with Crippen LogP contribution >= 0.6 is 0 Å². The molecule has 1 aliphatic rings. The molecule has 1 saturated heterocycles. The van der Waals surface area contributed by atoms with Gasteiger partial charge in [0.25, 0.3) is 5.91 Å². The third-order valence-electron chi connectivity index (χ3n) is 5.49. The number of aromatic nitrogens is 1. The first-order valence-corrected chi connectivity index (χ1v) is 9.55. The zero-order valence-electron chi connectivity index (χ0n) is 16.5. The van der Waals surface area contributed by atoms with Crippen molar-refractivity contribution < 1.29 is 33.1 Å². The van der Waals surface area contributed by atoms with E-state index in [2.05, 4.69) is 10.5 Å². The molecular weight excluding hydrogens is 400 g/mol. The molecule has 0 saturated carbocycles. The second-order valence-electron chi connectivity index (χ2n) is 7.49. The fraction of sp³-hybridized carbons (Fsp3) is 0.450. The van der Waals surface area contributed by atoms with E-state index in [9.17, 15) is 28.6 Å². The Hall–Kier alpha value is -2.85. The van der Waals surface area contributed by atoms with Crippen molar-refractivity contribution in [2.75, 3.05) is 13.1 Å². The minimum Gasteiger partial charge on any atom is -0.481 e. The number of nitrogens with one attached hydrogen (secondary N) is 1. The highest BCUT2D eigenvalue weighted by Crippen LogP contribution is 2.25. The molecule has 2 heterocycles. The van der Waals surface area contributed by atoms with Crippen LogP contribution in [0.4, 0.5) is 8.78 Å². The topological polar surface area (TPSA) is 116 Å². The van der Waals surface area contributed by atoms with Gasteiger partial charge in [0.05, 0.1) is 17.6 Å². The first kappa shape index (κ1) is 21.8. The molecule has 0 spiro atoms. The molecule has 3 rings (SSSR count). The summed E-state index contributed by atoms with van der Waals surface area (Å²) in [6.45, 7) is 4.14. The standard InChI is InChI=1S/C20H23F2N3O5/c1-10(11(2)26)25-6-5-16(14(9-25)20(28)29)23-19(27)17-8-18(30-24-17)13-4-3-12(21)7-15(13)22/h3-4,7-8,10-11,14,16,26H,5-6,9H2,1-2H3,(H,23,27)(H,28,29)/t10-,11+,14-,16-/m0/s1. The minimum absolute atomic E-state index is 0.0481. The summed E-state index contributed by atoms with van der Waals surface area (Å²) in [7, 11) is 0. The second kappa shape index (κ2) is 8.88. The minimum atomic E-state index is -1.06. The molecule has 2 aromatic rings. The summed E-state index contributed by atoms with van der Waals surface area (Å²) in [6.07, 6.45) is -0.247. The highest BCUT2D eigenvalue weighted by atomic mass is 19.1. The normalized spacial score (nSPS) is 21.8. The van der Waals surface area contributed by atoms with Gasteiger partial charge in [0.2, 0.25) is 0 Å². The van der Waals surface area contributed by atoms with E-state index < -0.39 is 41.6 Å². The van der Waals surface area contributed by atoms with Gasteiger partial charge >= 0.3 is 5.97 Å². The van der Waals surface area contributed by atoms with Gasteiger partial charge in [-0.25, -0.2) is 8.78 Å². The second-order valence-corrected chi connectivity index (χ2v) is 7.49. The Labute approximate surface area is 171 Å². The van der Waals surface area contributed by atoms with Gasteiger partial charge in [0.1, 0.15) is 11.6 Å². The number of nitrogens with zero attached hydrogens (tertiary/aromatic N) is 2. The molecule has 162 valence electrons.